The molecule has 0 radical (unpaired) electrons. The van der Waals surface area contributed by atoms with Crippen molar-refractivity contribution >= 4 is 22.4 Å². The van der Waals surface area contributed by atoms with Crippen molar-refractivity contribution in [1.82, 2.24) is 0 Å². The van der Waals surface area contributed by atoms with Gasteiger partial charge in [0.05, 0.1) is 25.0 Å². The second-order valence-corrected chi connectivity index (χ2v) is 3.88. The zero-order chi connectivity index (χ0) is 11.5. The van der Waals surface area contributed by atoms with Crippen molar-refractivity contribution in [3.05, 3.63) is 0 Å². The summed E-state index contributed by atoms with van der Waals surface area (Å²) >= 11 is 0.478. The van der Waals surface area contributed by atoms with E-state index in [2.05, 4.69) is 0 Å². The molecule has 0 heterocycles. The highest BCUT2D eigenvalue weighted by atomic mass is 32.2. The van der Waals surface area contributed by atoms with Crippen molar-refractivity contribution in [2.45, 2.75) is 39.5 Å². The van der Waals surface area contributed by atoms with E-state index in [1.807, 2.05) is 13.8 Å². The molecule has 0 N–H and O–H groups in total. The van der Waals surface area contributed by atoms with Crippen LogP contribution in [0.5, 0.6) is 0 Å². The van der Waals surface area contributed by atoms with Crippen molar-refractivity contribution in [2.24, 2.45) is 0 Å². The van der Waals surface area contributed by atoms with Crippen LogP contribution in [-0.4, -0.2) is 23.8 Å². The maximum absolute atomic E-state index is 11.0. The molecule has 0 aliphatic rings. The highest BCUT2D eigenvalue weighted by Gasteiger charge is 2.12. The Morgan fingerprint density at radius 3 is 1.67 bits per heavy atom. The number of unbranched alkanes of at least 4 members (excludes halogenated alkanes) is 2. The van der Waals surface area contributed by atoms with E-state index in [-0.39, 0.29) is 0 Å². The van der Waals surface area contributed by atoms with Crippen LogP contribution in [-0.2, 0) is 9.47 Å². The van der Waals surface area contributed by atoms with Crippen LogP contribution < -0.4 is 0 Å². The Balaban J connectivity index is 3.45. The zero-order valence-electron chi connectivity index (χ0n) is 9.28. The Labute approximate surface area is 94.7 Å². The number of carbonyl (C=O) groups excluding carboxylic acids is 2. The lowest BCUT2D eigenvalue weighted by Crippen LogP contribution is -2.06. The quantitative estimate of drug-likeness (QED) is 0.519. The van der Waals surface area contributed by atoms with E-state index in [9.17, 15) is 9.59 Å². The monoisotopic (exact) mass is 234 g/mol. The highest BCUT2D eigenvalue weighted by Crippen LogP contribution is 2.10. The van der Waals surface area contributed by atoms with Crippen LogP contribution in [0.25, 0.3) is 0 Å². The molecule has 5 heteroatoms. The van der Waals surface area contributed by atoms with Gasteiger partial charge in [0.15, 0.2) is 0 Å². The van der Waals surface area contributed by atoms with E-state index in [0.717, 1.165) is 25.7 Å². The van der Waals surface area contributed by atoms with E-state index < -0.39 is 10.6 Å². The first-order valence-corrected chi connectivity index (χ1v) is 6.03. The summed E-state index contributed by atoms with van der Waals surface area (Å²) in [5.41, 5.74) is 0. The van der Waals surface area contributed by atoms with Crippen LogP contribution >= 0.6 is 11.8 Å². The molecule has 15 heavy (non-hydrogen) atoms. The van der Waals surface area contributed by atoms with Gasteiger partial charge in [-0.25, -0.2) is 9.59 Å². The molecule has 0 bridgehead atoms. The Morgan fingerprint density at radius 1 is 0.933 bits per heavy atom. The van der Waals surface area contributed by atoms with Gasteiger partial charge >= 0.3 is 10.6 Å². The van der Waals surface area contributed by atoms with Gasteiger partial charge in [0.1, 0.15) is 0 Å². The number of ether oxygens (including phenoxy) is 2. The zero-order valence-corrected chi connectivity index (χ0v) is 10.1. The predicted octanol–water partition coefficient (Wildman–Crippen LogP) is 3.59. The summed E-state index contributed by atoms with van der Waals surface area (Å²) in [6.07, 6.45) is 3.55. The lowest BCUT2D eigenvalue weighted by molar-refractivity contribution is 0.167. The second-order valence-electron chi connectivity index (χ2n) is 3.01. The number of thioether (sulfide) groups is 1. The first-order valence-electron chi connectivity index (χ1n) is 5.22. The minimum Gasteiger partial charge on any atom is -0.457 e. The van der Waals surface area contributed by atoms with Gasteiger partial charge < -0.3 is 9.47 Å². The molecule has 0 aromatic heterocycles. The highest BCUT2D eigenvalue weighted by molar-refractivity contribution is 8.25. The molecule has 0 aromatic carbocycles. The normalized spacial score (nSPS) is 9.73. The van der Waals surface area contributed by atoms with Gasteiger partial charge in [0.2, 0.25) is 0 Å². The van der Waals surface area contributed by atoms with Gasteiger partial charge in [0.25, 0.3) is 0 Å². The molecule has 0 aliphatic carbocycles. The predicted molar refractivity (Wildman–Crippen MR) is 60.1 cm³/mol. The molecule has 0 aromatic rings. The summed E-state index contributed by atoms with van der Waals surface area (Å²) in [6.45, 7) is 4.73. The third kappa shape index (κ3) is 9.59. The number of rotatable bonds is 6. The summed E-state index contributed by atoms with van der Waals surface area (Å²) in [5.74, 6) is 0. The van der Waals surface area contributed by atoms with E-state index >= 15 is 0 Å². The fraction of sp³-hybridized carbons (Fsp3) is 0.800. The summed E-state index contributed by atoms with van der Waals surface area (Å²) in [7, 11) is 0. The maximum atomic E-state index is 11.0. The van der Waals surface area contributed by atoms with Crippen molar-refractivity contribution in [2.75, 3.05) is 13.2 Å². The van der Waals surface area contributed by atoms with Gasteiger partial charge in [-0.1, -0.05) is 26.7 Å². The topological polar surface area (TPSA) is 52.6 Å². The summed E-state index contributed by atoms with van der Waals surface area (Å²) in [6, 6.07) is 0. The second kappa shape index (κ2) is 9.83. The van der Waals surface area contributed by atoms with Crippen molar-refractivity contribution < 1.29 is 19.1 Å². The molecule has 0 saturated carbocycles. The molecule has 0 unspecified atom stereocenters. The van der Waals surface area contributed by atoms with Gasteiger partial charge in [0, 0.05) is 0 Å². The first-order chi connectivity index (χ1) is 7.20. The standard InChI is InChI=1S/C10H18O4S/c1-3-5-7-13-9(11)15-10(12)14-8-6-4-2/h3-8H2,1-2H3. The smallest absolute Gasteiger partial charge is 0.378 e. The maximum Gasteiger partial charge on any atom is 0.378 e. The molecular weight excluding hydrogens is 216 g/mol. The number of carbonyl (C=O) groups is 2. The summed E-state index contributed by atoms with van der Waals surface area (Å²) in [5, 5.41) is -1.16. The molecule has 0 spiro atoms. The van der Waals surface area contributed by atoms with Crippen molar-refractivity contribution in [1.29, 1.82) is 0 Å². The third-order valence-corrected chi connectivity index (χ3v) is 2.17. The fourth-order valence-corrected chi connectivity index (χ4v) is 1.15. The lowest BCUT2D eigenvalue weighted by Gasteiger charge is -2.03. The molecule has 0 rings (SSSR count). The number of hydrogen-bond acceptors (Lipinski definition) is 5. The average Bonchev–Trinajstić information content (AvgIpc) is 2.18. The van der Waals surface area contributed by atoms with Crippen LogP contribution in [0.2, 0.25) is 0 Å². The van der Waals surface area contributed by atoms with Crippen molar-refractivity contribution in [3.63, 3.8) is 0 Å². The largest absolute Gasteiger partial charge is 0.457 e. The van der Waals surface area contributed by atoms with E-state index in [1.165, 1.54) is 0 Å². The molecule has 0 fully saturated rings. The van der Waals surface area contributed by atoms with Gasteiger partial charge in [-0.2, -0.15) is 0 Å². The molecule has 0 aliphatic heterocycles. The SMILES string of the molecule is CCCCOC(=O)SC(=O)OCCCC. The van der Waals surface area contributed by atoms with E-state index in [4.69, 9.17) is 9.47 Å². The van der Waals surface area contributed by atoms with Gasteiger partial charge in [-0.3, -0.25) is 0 Å². The first kappa shape index (κ1) is 14.3. The fourth-order valence-electron chi connectivity index (χ4n) is 0.727. The van der Waals surface area contributed by atoms with Crippen LogP contribution in [0.3, 0.4) is 0 Å². The van der Waals surface area contributed by atoms with Crippen LogP contribution in [0.15, 0.2) is 0 Å². The molecule has 4 nitrogen and oxygen atoms in total. The Kier molecular flexibility index (Phi) is 9.36. The molecule has 0 saturated heterocycles. The Morgan fingerprint density at radius 2 is 1.33 bits per heavy atom. The van der Waals surface area contributed by atoms with Crippen LogP contribution in [0.4, 0.5) is 9.59 Å². The number of hydrogen-bond donors (Lipinski definition) is 0. The van der Waals surface area contributed by atoms with E-state index in [1.54, 1.807) is 0 Å². The molecular formula is C10H18O4S. The minimum absolute atomic E-state index is 0.366. The van der Waals surface area contributed by atoms with Crippen LogP contribution in [0, 0.1) is 0 Å². The van der Waals surface area contributed by atoms with Crippen molar-refractivity contribution in [3.8, 4) is 0 Å². The molecule has 88 valence electrons. The molecule has 0 amide bonds. The Hall–Kier alpha value is -0.710. The van der Waals surface area contributed by atoms with Crippen LogP contribution in [0.1, 0.15) is 39.5 Å². The molecule has 0 atom stereocenters. The summed E-state index contributed by atoms with van der Waals surface area (Å²) < 4.78 is 9.57. The summed E-state index contributed by atoms with van der Waals surface area (Å²) in [4.78, 5) is 22.0. The average molecular weight is 234 g/mol. The van der Waals surface area contributed by atoms with Gasteiger partial charge in [-0.05, 0) is 12.8 Å². The van der Waals surface area contributed by atoms with Gasteiger partial charge in [-0.15, -0.1) is 0 Å². The lowest BCUT2D eigenvalue weighted by atomic mass is 10.4. The minimum atomic E-state index is -0.579. The van der Waals surface area contributed by atoms with E-state index in [0.29, 0.717) is 25.0 Å². The Bertz CT molecular complexity index is 174. The third-order valence-electron chi connectivity index (χ3n) is 1.60.